The van der Waals surface area contributed by atoms with Gasteiger partial charge < -0.3 is 5.11 Å². The molecule has 0 unspecified atom stereocenters. The first-order valence-corrected chi connectivity index (χ1v) is 6.13. The van der Waals surface area contributed by atoms with Crippen LogP contribution in [0.25, 0.3) is 0 Å². The van der Waals surface area contributed by atoms with Crippen molar-refractivity contribution < 1.29 is 9.90 Å². The molecular weight excluding hydrogens is 218 g/mol. The summed E-state index contributed by atoms with van der Waals surface area (Å²) in [7, 11) is 0. The molecule has 0 saturated heterocycles. The van der Waals surface area contributed by atoms with E-state index in [-0.39, 0.29) is 5.75 Å². The molecule has 0 aliphatic rings. The lowest BCUT2D eigenvalue weighted by atomic mass is 10.1. The fraction of sp³-hybridized carbons (Fsp3) is 0.556. The van der Waals surface area contributed by atoms with E-state index in [1.165, 1.54) is 16.6 Å². The number of aromatic nitrogens is 1. The minimum atomic E-state index is -0.797. The first kappa shape index (κ1) is 11.5. The Kier molecular flexibility index (Phi) is 3.95. The molecule has 14 heavy (non-hydrogen) atoms. The van der Waals surface area contributed by atoms with Crippen molar-refractivity contribution in [2.45, 2.75) is 31.0 Å². The number of hydrogen-bond acceptors (Lipinski definition) is 4. The molecule has 0 aromatic carbocycles. The lowest BCUT2D eigenvalue weighted by molar-refractivity contribution is -0.133. The van der Waals surface area contributed by atoms with Gasteiger partial charge in [-0.1, -0.05) is 25.6 Å². The predicted molar refractivity (Wildman–Crippen MR) is 59.3 cm³/mol. The van der Waals surface area contributed by atoms with Gasteiger partial charge in [-0.15, -0.1) is 11.3 Å². The van der Waals surface area contributed by atoms with Gasteiger partial charge in [-0.3, -0.25) is 4.79 Å². The number of nitrogens with zero attached hydrogens (tertiary/aromatic N) is 1. The summed E-state index contributed by atoms with van der Waals surface area (Å²) in [6, 6.07) is 0. The van der Waals surface area contributed by atoms with E-state index in [0.29, 0.717) is 5.92 Å². The van der Waals surface area contributed by atoms with Crippen LogP contribution in [0.15, 0.2) is 4.34 Å². The van der Waals surface area contributed by atoms with E-state index in [9.17, 15) is 4.79 Å². The third kappa shape index (κ3) is 2.99. The molecule has 1 aromatic heterocycles. The Morgan fingerprint density at radius 1 is 1.64 bits per heavy atom. The number of thioether (sulfide) groups is 1. The maximum absolute atomic E-state index is 10.4. The summed E-state index contributed by atoms with van der Waals surface area (Å²) < 4.78 is 0.855. The van der Waals surface area contributed by atoms with Gasteiger partial charge in [0.25, 0.3) is 0 Å². The summed E-state index contributed by atoms with van der Waals surface area (Å²) in [6.45, 7) is 6.21. The summed E-state index contributed by atoms with van der Waals surface area (Å²) in [5.41, 5.74) is 1.09. The summed E-state index contributed by atoms with van der Waals surface area (Å²) in [4.78, 5) is 15.9. The summed E-state index contributed by atoms with van der Waals surface area (Å²) in [6.07, 6.45) is 0. The molecule has 0 spiro atoms. The molecule has 78 valence electrons. The molecule has 0 radical (unpaired) electrons. The fourth-order valence-electron chi connectivity index (χ4n) is 1.10. The molecular formula is C9H13NO2S2. The molecule has 3 nitrogen and oxygen atoms in total. The lowest BCUT2D eigenvalue weighted by Gasteiger charge is -1.99. The average molecular weight is 231 g/mol. The van der Waals surface area contributed by atoms with E-state index in [2.05, 4.69) is 18.8 Å². The highest BCUT2D eigenvalue weighted by molar-refractivity contribution is 8.01. The van der Waals surface area contributed by atoms with Gasteiger partial charge in [0, 0.05) is 4.88 Å². The van der Waals surface area contributed by atoms with Crippen molar-refractivity contribution in [3.63, 3.8) is 0 Å². The Morgan fingerprint density at radius 3 is 2.71 bits per heavy atom. The zero-order valence-corrected chi connectivity index (χ0v) is 10.0. The standard InChI is InChI=1S/C9H13NO2S2/c1-5(2)8-6(3)14-9(10-8)13-4-7(11)12/h5H,4H2,1-3H3,(H,11,12). The first-order chi connectivity index (χ1) is 6.50. The van der Waals surface area contributed by atoms with Crippen LogP contribution in [0.4, 0.5) is 0 Å². The number of aryl methyl sites for hydroxylation is 1. The van der Waals surface area contributed by atoms with E-state index in [4.69, 9.17) is 5.11 Å². The second kappa shape index (κ2) is 4.79. The van der Waals surface area contributed by atoms with Gasteiger partial charge in [-0.25, -0.2) is 4.98 Å². The van der Waals surface area contributed by atoms with E-state index in [0.717, 1.165) is 10.0 Å². The van der Waals surface area contributed by atoms with E-state index >= 15 is 0 Å². The first-order valence-electron chi connectivity index (χ1n) is 4.32. The van der Waals surface area contributed by atoms with Crippen molar-refractivity contribution in [1.82, 2.24) is 4.98 Å². The largest absolute Gasteiger partial charge is 0.481 e. The number of rotatable bonds is 4. The third-order valence-electron chi connectivity index (χ3n) is 1.68. The third-order valence-corrected chi connectivity index (χ3v) is 3.79. The molecule has 1 aromatic rings. The maximum Gasteiger partial charge on any atom is 0.313 e. The highest BCUT2D eigenvalue weighted by Gasteiger charge is 2.11. The van der Waals surface area contributed by atoms with Crippen molar-refractivity contribution in [2.75, 3.05) is 5.75 Å². The minimum Gasteiger partial charge on any atom is -0.481 e. The maximum atomic E-state index is 10.4. The molecule has 0 atom stereocenters. The van der Waals surface area contributed by atoms with Gasteiger partial charge in [-0.2, -0.15) is 0 Å². The second-order valence-electron chi connectivity index (χ2n) is 3.26. The van der Waals surface area contributed by atoms with Crippen LogP contribution in [-0.4, -0.2) is 21.8 Å². The molecule has 5 heteroatoms. The number of carboxylic acid groups (broad SMARTS) is 1. The van der Waals surface area contributed by atoms with Gasteiger partial charge in [-0.05, 0) is 12.8 Å². The van der Waals surface area contributed by atoms with Crippen molar-refractivity contribution in [1.29, 1.82) is 0 Å². The topological polar surface area (TPSA) is 50.2 Å². The molecule has 1 rings (SSSR count). The molecule has 1 heterocycles. The summed E-state index contributed by atoms with van der Waals surface area (Å²) >= 11 is 2.86. The number of aliphatic carboxylic acids is 1. The normalized spacial score (nSPS) is 10.9. The van der Waals surface area contributed by atoms with Crippen LogP contribution in [0.2, 0.25) is 0 Å². The van der Waals surface area contributed by atoms with Crippen LogP contribution in [0.5, 0.6) is 0 Å². The quantitative estimate of drug-likeness (QED) is 0.809. The van der Waals surface area contributed by atoms with Crippen LogP contribution in [0, 0.1) is 6.92 Å². The smallest absolute Gasteiger partial charge is 0.313 e. The van der Waals surface area contributed by atoms with Crippen molar-refractivity contribution in [3.8, 4) is 0 Å². The predicted octanol–water partition coefficient (Wildman–Crippen LogP) is 2.75. The van der Waals surface area contributed by atoms with Crippen LogP contribution >= 0.6 is 23.1 Å². The average Bonchev–Trinajstić information content (AvgIpc) is 2.43. The number of carbonyl (C=O) groups is 1. The van der Waals surface area contributed by atoms with Crippen molar-refractivity contribution in [2.24, 2.45) is 0 Å². The van der Waals surface area contributed by atoms with Crippen molar-refractivity contribution in [3.05, 3.63) is 10.6 Å². The number of hydrogen-bond donors (Lipinski definition) is 1. The Hall–Kier alpha value is -0.550. The minimum absolute atomic E-state index is 0.0878. The second-order valence-corrected chi connectivity index (χ2v) is 5.68. The highest BCUT2D eigenvalue weighted by Crippen LogP contribution is 2.30. The van der Waals surface area contributed by atoms with Gasteiger partial charge in [0.1, 0.15) is 0 Å². The molecule has 0 aliphatic heterocycles. The Labute approximate surface area is 91.6 Å². The number of carboxylic acids is 1. The molecule has 0 bridgehead atoms. The monoisotopic (exact) mass is 231 g/mol. The SMILES string of the molecule is Cc1sc(SCC(=O)O)nc1C(C)C. The van der Waals surface area contributed by atoms with Crippen LogP contribution < -0.4 is 0 Å². The highest BCUT2D eigenvalue weighted by atomic mass is 32.2. The molecule has 0 aliphatic carbocycles. The van der Waals surface area contributed by atoms with Gasteiger partial charge in [0.15, 0.2) is 4.34 Å². The number of thiazole rings is 1. The van der Waals surface area contributed by atoms with Crippen molar-refractivity contribution >= 4 is 29.1 Å². The molecule has 0 saturated carbocycles. The van der Waals surface area contributed by atoms with E-state index in [1.54, 1.807) is 11.3 Å². The zero-order valence-electron chi connectivity index (χ0n) is 8.40. The Morgan fingerprint density at radius 2 is 2.29 bits per heavy atom. The Balaban J connectivity index is 2.71. The molecule has 0 fully saturated rings. The Bertz CT molecular complexity index is 334. The van der Waals surface area contributed by atoms with Gasteiger partial charge in [0.2, 0.25) is 0 Å². The van der Waals surface area contributed by atoms with Gasteiger partial charge in [0.05, 0.1) is 11.4 Å². The van der Waals surface area contributed by atoms with Crippen LogP contribution in [0.1, 0.15) is 30.3 Å². The van der Waals surface area contributed by atoms with E-state index in [1.807, 2.05) is 6.92 Å². The fourth-order valence-corrected chi connectivity index (χ4v) is 3.09. The van der Waals surface area contributed by atoms with Gasteiger partial charge >= 0.3 is 5.97 Å². The van der Waals surface area contributed by atoms with Crippen LogP contribution in [-0.2, 0) is 4.79 Å². The van der Waals surface area contributed by atoms with Crippen LogP contribution in [0.3, 0.4) is 0 Å². The summed E-state index contributed by atoms with van der Waals surface area (Å²) in [5.74, 6) is -0.302. The molecule has 0 amide bonds. The van der Waals surface area contributed by atoms with E-state index < -0.39 is 5.97 Å². The molecule has 1 N–H and O–H groups in total. The summed E-state index contributed by atoms with van der Waals surface area (Å²) in [5, 5.41) is 8.52. The zero-order chi connectivity index (χ0) is 10.7. The lowest BCUT2D eigenvalue weighted by Crippen LogP contribution is -1.97.